The number of rotatable bonds is 1. The summed E-state index contributed by atoms with van der Waals surface area (Å²) in [6, 6.07) is 3.95. The van der Waals surface area contributed by atoms with Crippen LogP contribution < -0.4 is 5.32 Å². The van der Waals surface area contributed by atoms with Gasteiger partial charge in [-0.3, -0.25) is 0 Å². The minimum absolute atomic E-state index is 0.437. The topological polar surface area (TPSA) is 27.8 Å². The molecule has 1 fully saturated rings. The highest BCUT2D eigenvalue weighted by molar-refractivity contribution is 5.84. The molecule has 1 aromatic heterocycles. The van der Waals surface area contributed by atoms with E-state index < -0.39 is 11.7 Å². The number of nitrogens with one attached hydrogen (secondary N) is 2. The molecule has 0 saturated carbocycles. The van der Waals surface area contributed by atoms with E-state index in [1.165, 1.54) is 12.1 Å². The van der Waals surface area contributed by atoms with Gasteiger partial charge in [-0.25, -0.2) is 0 Å². The summed E-state index contributed by atoms with van der Waals surface area (Å²) in [5.74, 6) is 0.437. The highest BCUT2D eigenvalue weighted by Crippen LogP contribution is 2.35. The van der Waals surface area contributed by atoms with Crippen molar-refractivity contribution in [3.63, 3.8) is 0 Å². The predicted octanol–water partition coefficient (Wildman–Crippen LogP) is 3.65. The van der Waals surface area contributed by atoms with Crippen molar-refractivity contribution in [3.8, 4) is 0 Å². The van der Waals surface area contributed by atoms with Crippen LogP contribution >= 0.6 is 0 Å². The molecule has 102 valence electrons. The molecule has 0 radical (unpaired) electrons. The third-order valence-corrected chi connectivity index (χ3v) is 3.82. The van der Waals surface area contributed by atoms with Gasteiger partial charge in [0.1, 0.15) is 0 Å². The fourth-order valence-corrected chi connectivity index (χ4v) is 2.80. The number of hydrogen-bond donors (Lipinski definition) is 2. The van der Waals surface area contributed by atoms with Crippen molar-refractivity contribution in [1.82, 2.24) is 10.3 Å². The van der Waals surface area contributed by atoms with Gasteiger partial charge in [0.2, 0.25) is 0 Å². The molecule has 1 saturated heterocycles. The first-order valence-corrected chi connectivity index (χ1v) is 6.44. The summed E-state index contributed by atoms with van der Waals surface area (Å²) in [5.41, 5.74) is 1.12. The van der Waals surface area contributed by atoms with E-state index in [4.69, 9.17) is 0 Å². The monoisotopic (exact) mass is 268 g/mol. The van der Waals surface area contributed by atoms with Gasteiger partial charge in [0.25, 0.3) is 0 Å². The Balaban J connectivity index is 2.00. The van der Waals surface area contributed by atoms with E-state index in [1.807, 2.05) is 6.20 Å². The molecule has 2 aromatic rings. The predicted molar refractivity (Wildman–Crippen MR) is 68.1 cm³/mol. The number of aromatic nitrogens is 1. The number of benzene rings is 1. The third kappa shape index (κ3) is 2.34. The van der Waals surface area contributed by atoms with Crippen LogP contribution in [0.3, 0.4) is 0 Å². The van der Waals surface area contributed by atoms with Crippen LogP contribution in [-0.2, 0) is 6.18 Å². The van der Waals surface area contributed by atoms with E-state index in [9.17, 15) is 13.2 Å². The molecule has 1 aromatic carbocycles. The fourth-order valence-electron chi connectivity index (χ4n) is 2.80. The van der Waals surface area contributed by atoms with Gasteiger partial charge in [-0.15, -0.1) is 0 Å². The van der Waals surface area contributed by atoms with Crippen molar-refractivity contribution in [2.75, 3.05) is 13.1 Å². The molecular weight excluding hydrogens is 253 g/mol. The summed E-state index contributed by atoms with van der Waals surface area (Å²) in [7, 11) is 0. The largest absolute Gasteiger partial charge is 0.416 e. The molecule has 2 N–H and O–H groups in total. The van der Waals surface area contributed by atoms with Crippen LogP contribution in [0.15, 0.2) is 24.4 Å². The smallest absolute Gasteiger partial charge is 0.361 e. The second kappa shape index (κ2) is 4.56. The molecule has 19 heavy (non-hydrogen) atoms. The van der Waals surface area contributed by atoms with Gasteiger partial charge in [-0.2, -0.15) is 13.2 Å². The van der Waals surface area contributed by atoms with Crippen LogP contribution in [0.1, 0.15) is 29.9 Å². The molecule has 3 rings (SSSR count). The molecule has 0 atom stereocenters. The lowest BCUT2D eigenvalue weighted by atomic mass is 9.90. The first-order valence-electron chi connectivity index (χ1n) is 6.44. The van der Waals surface area contributed by atoms with E-state index in [-0.39, 0.29) is 0 Å². The molecule has 0 spiro atoms. The maximum atomic E-state index is 12.7. The Hall–Kier alpha value is -1.49. The summed E-state index contributed by atoms with van der Waals surface area (Å²) < 4.78 is 38.0. The Labute approximate surface area is 109 Å². The average molecular weight is 268 g/mol. The second-order valence-corrected chi connectivity index (χ2v) is 5.03. The number of halogens is 3. The summed E-state index contributed by atoms with van der Waals surface area (Å²) >= 11 is 0. The van der Waals surface area contributed by atoms with E-state index in [1.54, 1.807) is 6.07 Å². The van der Waals surface area contributed by atoms with Gasteiger partial charge in [0.15, 0.2) is 0 Å². The average Bonchev–Trinajstić information content (AvgIpc) is 2.81. The second-order valence-electron chi connectivity index (χ2n) is 5.03. The van der Waals surface area contributed by atoms with Crippen LogP contribution in [-0.4, -0.2) is 18.1 Å². The standard InChI is InChI=1S/C14H15F3N2/c15-14(16,17)10-1-2-11-12(8-19-13(11)7-10)9-3-5-18-6-4-9/h1-2,7-9,18-19H,3-6H2. The Kier molecular flexibility index (Phi) is 3.01. The van der Waals surface area contributed by atoms with Crippen molar-refractivity contribution < 1.29 is 13.2 Å². The van der Waals surface area contributed by atoms with Gasteiger partial charge in [0.05, 0.1) is 5.56 Å². The molecule has 2 heterocycles. The van der Waals surface area contributed by atoms with Crippen molar-refractivity contribution in [1.29, 1.82) is 0 Å². The van der Waals surface area contributed by atoms with Crippen LogP contribution in [0.2, 0.25) is 0 Å². The quantitative estimate of drug-likeness (QED) is 0.811. The van der Waals surface area contributed by atoms with Gasteiger partial charge < -0.3 is 10.3 Å². The number of hydrogen-bond acceptors (Lipinski definition) is 1. The molecule has 0 bridgehead atoms. The number of aromatic amines is 1. The summed E-state index contributed by atoms with van der Waals surface area (Å²) in [5, 5.41) is 4.21. The molecular formula is C14H15F3N2. The van der Waals surface area contributed by atoms with E-state index >= 15 is 0 Å². The zero-order valence-electron chi connectivity index (χ0n) is 10.3. The Morgan fingerprint density at radius 3 is 2.53 bits per heavy atom. The lowest BCUT2D eigenvalue weighted by molar-refractivity contribution is -0.137. The van der Waals surface area contributed by atoms with Crippen molar-refractivity contribution in [2.24, 2.45) is 0 Å². The summed E-state index contributed by atoms with van der Waals surface area (Å²) in [6.07, 6.45) is -0.350. The fraction of sp³-hybridized carbons (Fsp3) is 0.429. The van der Waals surface area contributed by atoms with Crippen LogP contribution in [0.4, 0.5) is 13.2 Å². The van der Waals surface area contributed by atoms with Crippen LogP contribution in [0.25, 0.3) is 10.9 Å². The van der Waals surface area contributed by atoms with E-state index in [0.717, 1.165) is 36.9 Å². The number of H-pyrrole nitrogens is 1. The van der Waals surface area contributed by atoms with Crippen molar-refractivity contribution in [3.05, 3.63) is 35.5 Å². The molecule has 0 amide bonds. The van der Waals surface area contributed by atoms with Crippen molar-refractivity contribution >= 4 is 10.9 Å². The number of alkyl halides is 3. The SMILES string of the molecule is FC(F)(F)c1ccc2c(C3CCNCC3)c[nH]c2c1. The van der Waals surface area contributed by atoms with Gasteiger partial charge in [-0.1, -0.05) is 6.07 Å². The third-order valence-electron chi connectivity index (χ3n) is 3.82. The first kappa shape index (κ1) is 12.5. The van der Waals surface area contributed by atoms with E-state index in [0.29, 0.717) is 11.4 Å². The highest BCUT2D eigenvalue weighted by Gasteiger charge is 2.31. The lowest BCUT2D eigenvalue weighted by Gasteiger charge is -2.22. The van der Waals surface area contributed by atoms with Gasteiger partial charge >= 0.3 is 6.18 Å². The number of piperidine rings is 1. The maximum Gasteiger partial charge on any atom is 0.416 e. The Morgan fingerprint density at radius 1 is 1.11 bits per heavy atom. The summed E-state index contributed by atoms with van der Waals surface area (Å²) in [4.78, 5) is 2.98. The highest BCUT2D eigenvalue weighted by atomic mass is 19.4. The van der Waals surface area contributed by atoms with Crippen LogP contribution in [0, 0.1) is 0 Å². The lowest BCUT2D eigenvalue weighted by Crippen LogP contribution is -2.26. The molecule has 0 unspecified atom stereocenters. The van der Waals surface area contributed by atoms with Gasteiger partial charge in [0, 0.05) is 17.1 Å². The molecule has 5 heteroatoms. The molecule has 1 aliphatic rings. The van der Waals surface area contributed by atoms with E-state index in [2.05, 4.69) is 10.3 Å². The summed E-state index contributed by atoms with van der Waals surface area (Å²) in [6.45, 7) is 1.94. The van der Waals surface area contributed by atoms with Gasteiger partial charge in [-0.05, 0) is 49.5 Å². The molecule has 2 nitrogen and oxygen atoms in total. The first-order chi connectivity index (χ1) is 9.05. The maximum absolute atomic E-state index is 12.7. The molecule has 1 aliphatic heterocycles. The normalized spacial score (nSPS) is 18.1. The Morgan fingerprint density at radius 2 is 1.84 bits per heavy atom. The van der Waals surface area contributed by atoms with Crippen LogP contribution in [0.5, 0.6) is 0 Å². The minimum atomic E-state index is -4.28. The molecule has 0 aliphatic carbocycles. The zero-order valence-corrected chi connectivity index (χ0v) is 10.3. The zero-order chi connectivity index (χ0) is 13.5. The minimum Gasteiger partial charge on any atom is -0.361 e. The van der Waals surface area contributed by atoms with Crippen molar-refractivity contribution in [2.45, 2.75) is 24.9 Å². The number of fused-ring (bicyclic) bond motifs is 1. The Bertz CT molecular complexity index is 580.